The summed E-state index contributed by atoms with van der Waals surface area (Å²) in [7, 11) is 0. The lowest BCUT2D eigenvalue weighted by molar-refractivity contribution is 0.0220. The Morgan fingerprint density at radius 3 is 2.92 bits per heavy atom. The molecule has 4 unspecified atom stereocenters. The molecule has 0 radical (unpaired) electrons. The molecule has 4 aliphatic rings. The first-order valence-electron chi connectivity index (χ1n) is 9.64. The van der Waals surface area contributed by atoms with Crippen molar-refractivity contribution in [3.8, 4) is 0 Å². The van der Waals surface area contributed by atoms with Crippen LogP contribution in [0, 0.1) is 5.92 Å². The molecular weight excluding hydrogens is 316 g/mol. The number of nitrogens with zero attached hydrogens (tertiary/aromatic N) is 3. The van der Waals surface area contributed by atoms with E-state index in [0.717, 1.165) is 31.6 Å². The van der Waals surface area contributed by atoms with Gasteiger partial charge in [0.2, 0.25) is 0 Å². The first-order valence-corrected chi connectivity index (χ1v) is 9.64. The second-order valence-corrected chi connectivity index (χ2v) is 8.85. The number of carbonyl (C=O) groups is 1. The van der Waals surface area contributed by atoms with Crippen molar-refractivity contribution in [3.05, 3.63) is 17.5 Å². The van der Waals surface area contributed by atoms with Gasteiger partial charge in [0.05, 0.1) is 11.7 Å². The minimum absolute atomic E-state index is 0.172. The largest absolute Gasteiger partial charge is 0.444 e. The number of fused-ring (bicyclic) bond motifs is 2. The van der Waals surface area contributed by atoms with E-state index < -0.39 is 5.60 Å². The summed E-state index contributed by atoms with van der Waals surface area (Å²) in [6.07, 6.45) is 4.55. The highest BCUT2D eigenvalue weighted by molar-refractivity contribution is 5.70. The average molecular weight is 346 g/mol. The Bertz CT molecular complexity index is 639. The van der Waals surface area contributed by atoms with Crippen LogP contribution in [0.4, 0.5) is 4.79 Å². The number of amides is 1. The molecule has 0 spiro atoms. The van der Waals surface area contributed by atoms with E-state index >= 15 is 0 Å². The van der Waals surface area contributed by atoms with Crippen LogP contribution in [0.1, 0.15) is 64.4 Å². The summed E-state index contributed by atoms with van der Waals surface area (Å²) in [6, 6.07) is 3.09. The van der Waals surface area contributed by atoms with Crippen LogP contribution >= 0.6 is 0 Å². The lowest BCUT2D eigenvalue weighted by atomic mass is 9.79. The summed E-state index contributed by atoms with van der Waals surface area (Å²) in [4.78, 5) is 14.3. The van der Waals surface area contributed by atoms with Crippen LogP contribution < -0.4 is 5.32 Å². The number of hydrogen-bond donors (Lipinski definition) is 1. The highest BCUT2D eigenvalue weighted by Gasteiger charge is 2.54. The lowest BCUT2D eigenvalue weighted by Gasteiger charge is -2.38. The van der Waals surface area contributed by atoms with Crippen molar-refractivity contribution in [1.29, 1.82) is 0 Å². The third-order valence-electron chi connectivity index (χ3n) is 5.75. The zero-order valence-electron chi connectivity index (χ0n) is 15.8. The van der Waals surface area contributed by atoms with E-state index in [4.69, 9.17) is 9.84 Å². The van der Waals surface area contributed by atoms with E-state index in [0.29, 0.717) is 12.0 Å². The first-order chi connectivity index (χ1) is 11.8. The van der Waals surface area contributed by atoms with Gasteiger partial charge in [0.15, 0.2) is 0 Å². The van der Waals surface area contributed by atoms with Crippen LogP contribution in [0.5, 0.6) is 0 Å². The van der Waals surface area contributed by atoms with Crippen LogP contribution in [-0.4, -0.2) is 45.0 Å². The molecule has 25 heavy (non-hydrogen) atoms. The van der Waals surface area contributed by atoms with Crippen LogP contribution in [-0.2, 0) is 17.7 Å². The molecule has 1 aromatic rings. The minimum Gasteiger partial charge on any atom is -0.444 e. The molecule has 3 aliphatic heterocycles. The fourth-order valence-corrected chi connectivity index (χ4v) is 4.42. The van der Waals surface area contributed by atoms with Crippen molar-refractivity contribution in [2.24, 2.45) is 5.92 Å². The number of nitrogens with one attached hydrogen (secondary N) is 1. The van der Waals surface area contributed by atoms with Gasteiger partial charge in [-0.25, -0.2) is 4.79 Å². The molecule has 138 valence electrons. The standard InChI is InChI=1S/C19H30N4O2/c1-12(15-10-14-7-5-6-8-23(14)21-15)20-17-13-9-16(17)22(11-13)18(24)25-19(2,3)4/h10,12-13,16-17,20H,5-9,11H2,1-4H3. The summed E-state index contributed by atoms with van der Waals surface area (Å²) in [6.45, 7) is 9.80. The van der Waals surface area contributed by atoms with Crippen molar-refractivity contribution in [3.63, 3.8) is 0 Å². The maximum Gasteiger partial charge on any atom is 0.410 e. The smallest absolute Gasteiger partial charge is 0.410 e. The highest BCUT2D eigenvalue weighted by Crippen LogP contribution is 2.42. The molecule has 6 nitrogen and oxygen atoms in total. The number of ether oxygens (including phenoxy) is 1. The number of aryl methyl sites for hydroxylation is 2. The van der Waals surface area contributed by atoms with Crippen molar-refractivity contribution in [1.82, 2.24) is 20.0 Å². The van der Waals surface area contributed by atoms with Gasteiger partial charge in [0, 0.05) is 30.9 Å². The quantitative estimate of drug-likeness (QED) is 0.914. The molecule has 1 amide bonds. The summed E-state index contributed by atoms with van der Waals surface area (Å²) >= 11 is 0. The van der Waals surface area contributed by atoms with Crippen LogP contribution in [0.2, 0.25) is 0 Å². The zero-order valence-corrected chi connectivity index (χ0v) is 15.8. The Balaban J connectivity index is 1.38. The third kappa shape index (κ3) is 3.16. The van der Waals surface area contributed by atoms with Crippen molar-refractivity contribution >= 4 is 6.09 Å². The van der Waals surface area contributed by atoms with E-state index in [1.807, 2.05) is 25.7 Å². The van der Waals surface area contributed by atoms with Gasteiger partial charge >= 0.3 is 6.09 Å². The van der Waals surface area contributed by atoms with Crippen molar-refractivity contribution < 1.29 is 9.53 Å². The van der Waals surface area contributed by atoms with Crippen LogP contribution in [0.25, 0.3) is 0 Å². The van der Waals surface area contributed by atoms with Crippen molar-refractivity contribution in [2.45, 2.75) is 83.6 Å². The van der Waals surface area contributed by atoms with E-state index in [-0.39, 0.29) is 18.2 Å². The molecular formula is C19H30N4O2. The second-order valence-electron chi connectivity index (χ2n) is 8.85. The Hall–Kier alpha value is -1.56. The maximum absolute atomic E-state index is 12.4. The normalized spacial score (nSPS) is 29.1. The van der Waals surface area contributed by atoms with Gasteiger partial charge in [-0.3, -0.25) is 4.68 Å². The van der Waals surface area contributed by atoms with Gasteiger partial charge in [-0.2, -0.15) is 5.10 Å². The maximum atomic E-state index is 12.4. The molecule has 2 saturated heterocycles. The molecule has 6 heteroatoms. The summed E-state index contributed by atoms with van der Waals surface area (Å²) < 4.78 is 7.72. The lowest BCUT2D eigenvalue weighted by Crippen LogP contribution is -2.54. The van der Waals surface area contributed by atoms with Gasteiger partial charge in [-0.15, -0.1) is 0 Å². The molecule has 4 atom stereocenters. The number of aromatic nitrogens is 2. The van der Waals surface area contributed by atoms with Gasteiger partial charge in [0.25, 0.3) is 0 Å². The highest BCUT2D eigenvalue weighted by atomic mass is 16.6. The van der Waals surface area contributed by atoms with Gasteiger partial charge in [-0.05, 0) is 65.4 Å². The van der Waals surface area contributed by atoms with E-state index in [1.165, 1.54) is 18.5 Å². The molecule has 1 aliphatic carbocycles. The molecule has 1 N–H and O–H groups in total. The van der Waals surface area contributed by atoms with Gasteiger partial charge in [0.1, 0.15) is 5.60 Å². The van der Waals surface area contributed by atoms with Crippen LogP contribution in [0.3, 0.4) is 0 Å². The van der Waals surface area contributed by atoms with E-state index in [2.05, 4.69) is 23.0 Å². The predicted molar refractivity (Wildman–Crippen MR) is 95.3 cm³/mol. The Labute approximate surface area is 149 Å². The Morgan fingerprint density at radius 1 is 1.40 bits per heavy atom. The molecule has 5 rings (SSSR count). The topological polar surface area (TPSA) is 59.4 Å². The van der Waals surface area contributed by atoms with Crippen LogP contribution in [0.15, 0.2) is 6.07 Å². The average Bonchev–Trinajstić information content (AvgIpc) is 3.22. The third-order valence-corrected chi connectivity index (χ3v) is 5.75. The summed E-state index contributed by atoms with van der Waals surface area (Å²) in [5.41, 5.74) is 2.06. The second kappa shape index (κ2) is 6.01. The van der Waals surface area contributed by atoms with E-state index in [9.17, 15) is 4.79 Å². The molecule has 2 bridgehead atoms. The monoisotopic (exact) mass is 346 g/mol. The molecule has 4 heterocycles. The fraction of sp³-hybridized carbons (Fsp3) is 0.789. The molecule has 3 fully saturated rings. The zero-order chi connectivity index (χ0) is 17.8. The predicted octanol–water partition coefficient (Wildman–Crippen LogP) is 2.88. The number of rotatable bonds is 3. The fourth-order valence-electron chi connectivity index (χ4n) is 4.42. The first kappa shape index (κ1) is 16.9. The molecule has 1 aromatic heterocycles. The van der Waals surface area contributed by atoms with Gasteiger partial charge < -0.3 is 15.0 Å². The van der Waals surface area contributed by atoms with E-state index in [1.54, 1.807) is 0 Å². The number of hydrogen-bond acceptors (Lipinski definition) is 4. The minimum atomic E-state index is -0.435. The summed E-state index contributed by atoms with van der Waals surface area (Å²) in [5, 5.41) is 8.51. The Morgan fingerprint density at radius 2 is 2.20 bits per heavy atom. The van der Waals surface area contributed by atoms with Gasteiger partial charge in [-0.1, -0.05) is 0 Å². The number of carbonyl (C=O) groups excluding carboxylic acids is 1. The Kier molecular flexibility index (Phi) is 4.06. The summed E-state index contributed by atoms with van der Waals surface area (Å²) in [5.74, 6) is 0.539. The molecule has 1 saturated carbocycles. The van der Waals surface area contributed by atoms with Crippen molar-refractivity contribution in [2.75, 3.05) is 6.54 Å². The SMILES string of the molecule is CC(NC1C2CC1N(C(=O)OC(C)(C)C)C2)c1cc2n(n1)CCCC2. The molecule has 0 aromatic carbocycles.